The van der Waals surface area contributed by atoms with Crippen LogP contribution in [0.2, 0.25) is 0 Å². The van der Waals surface area contributed by atoms with Gasteiger partial charge in [0.05, 0.1) is 5.56 Å². The van der Waals surface area contributed by atoms with E-state index in [9.17, 15) is 27.2 Å². The van der Waals surface area contributed by atoms with Crippen molar-refractivity contribution >= 4 is 17.5 Å². The first-order chi connectivity index (χ1) is 14.2. The summed E-state index contributed by atoms with van der Waals surface area (Å²) in [4.78, 5) is 27.2. The zero-order valence-corrected chi connectivity index (χ0v) is 15.9. The fourth-order valence-corrected chi connectivity index (χ4v) is 3.97. The van der Waals surface area contributed by atoms with Gasteiger partial charge in [-0.05, 0) is 43.2 Å². The van der Waals surface area contributed by atoms with Gasteiger partial charge in [0.2, 0.25) is 0 Å². The SMILES string of the molecule is O=C(Nc1cccc2c1C(N1CCCCC1)NC2=O)c1cc(F)cc(C(F)(F)F)c1. The number of alkyl halides is 3. The number of likely N-dealkylation sites (tertiary alicyclic amines) is 1. The molecule has 4 rings (SSSR count). The zero-order chi connectivity index (χ0) is 21.5. The number of carbonyl (C=O) groups is 2. The molecule has 2 heterocycles. The van der Waals surface area contributed by atoms with Crippen LogP contribution in [0.15, 0.2) is 36.4 Å². The van der Waals surface area contributed by atoms with E-state index in [1.807, 2.05) is 0 Å². The van der Waals surface area contributed by atoms with Crippen LogP contribution in [0.5, 0.6) is 0 Å². The minimum atomic E-state index is -4.78. The summed E-state index contributed by atoms with van der Waals surface area (Å²) < 4.78 is 52.6. The van der Waals surface area contributed by atoms with Gasteiger partial charge in [-0.3, -0.25) is 14.5 Å². The van der Waals surface area contributed by atoms with Crippen molar-refractivity contribution in [2.45, 2.75) is 31.6 Å². The van der Waals surface area contributed by atoms with Crippen molar-refractivity contribution in [1.29, 1.82) is 0 Å². The Bertz CT molecular complexity index is 1000. The number of nitrogens with zero attached hydrogens (tertiary/aromatic N) is 1. The van der Waals surface area contributed by atoms with Crippen LogP contribution in [0.25, 0.3) is 0 Å². The van der Waals surface area contributed by atoms with E-state index in [0.29, 0.717) is 28.9 Å². The average molecular weight is 421 g/mol. The molecule has 2 amide bonds. The number of hydrogen-bond donors (Lipinski definition) is 2. The van der Waals surface area contributed by atoms with Crippen molar-refractivity contribution in [3.8, 4) is 0 Å². The predicted octanol–water partition coefficient (Wildman–Crippen LogP) is 4.32. The second kappa shape index (κ2) is 7.71. The summed E-state index contributed by atoms with van der Waals surface area (Å²) in [5, 5.41) is 5.47. The maximum Gasteiger partial charge on any atom is 0.416 e. The smallest absolute Gasteiger partial charge is 0.332 e. The lowest BCUT2D eigenvalue weighted by atomic mass is 10.0. The van der Waals surface area contributed by atoms with E-state index < -0.39 is 35.2 Å². The Kier molecular flexibility index (Phi) is 5.23. The first kappa shape index (κ1) is 20.3. The third-order valence-electron chi connectivity index (χ3n) is 5.38. The third-order valence-corrected chi connectivity index (χ3v) is 5.38. The summed E-state index contributed by atoms with van der Waals surface area (Å²) in [6.45, 7) is 1.57. The summed E-state index contributed by atoms with van der Waals surface area (Å²) >= 11 is 0. The summed E-state index contributed by atoms with van der Waals surface area (Å²) in [5.41, 5.74) is -0.409. The number of hydrogen-bond acceptors (Lipinski definition) is 3. The number of fused-ring (bicyclic) bond motifs is 1. The lowest BCUT2D eigenvalue weighted by Gasteiger charge is -2.33. The topological polar surface area (TPSA) is 61.4 Å². The Balaban J connectivity index is 1.66. The molecule has 0 aromatic heterocycles. The number of carbonyl (C=O) groups excluding carboxylic acids is 2. The fraction of sp³-hybridized carbons (Fsp3) is 0.333. The highest BCUT2D eigenvalue weighted by Gasteiger charge is 2.36. The summed E-state index contributed by atoms with van der Waals surface area (Å²) in [7, 11) is 0. The van der Waals surface area contributed by atoms with Gasteiger partial charge in [-0.2, -0.15) is 13.2 Å². The van der Waals surface area contributed by atoms with Crippen LogP contribution in [-0.4, -0.2) is 29.8 Å². The van der Waals surface area contributed by atoms with Crippen LogP contribution < -0.4 is 10.6 Å². The molecule has 1 atom stereocenters. The van der Waals surface area contributed by atoms with Crippen LogP contribution in [0.3, 0.4) is 0 Å². The number of amides is 2. The molecule has 1 fully saturated rings. The second-order valence-corrected chi connectivity index (χ2v) is 7.42. The van der Waals surface area contributed by atoms with E-state index in [1.165, 1.54) is 0 Å². The molecule has 5 nitrogen and oxygen atoms in total. The van der Waals surface area contributed by atoms with Gasteiger partial charge < -0.3 is 10.6 Å². The lowest BCUT2D eigenvalue weighted by Crippen LogP contribution is -2.39. The molecule has 30 heavy (non-hydrogen) atoms. The molecule has 0 aliphatic carbocycles. The van der Waals surface area contributed by atoms with Gasteiger partial charge in [0.1, 0.15) is 12.0 Å². The Hall–Kier alpha value is -2.94. The maximum absolute atomic E-state index is 13.7. The van der Waals surface area contributed by atoms with E-state index in [2.05, 4.69) is 15.5 Å². The normalized spacial score (nSPS) is 19.3. The van der Waals surface area contributed by atoms with Crippen LogP contribution >= 0.6 is 0 Å². The van der Waals surface area contributed by atoms with E-state index in [0.717, 1.165) is 38.4 Å². The summed E-state index contributed by atoms with van der Waals surface area (Å²) in [6, 6.07) is 6.49. The van der Waals surface area contributed by atoms with Crippen molar-refractivity contribution in [2.75, 3.05) is 18.4 Å². The van der Waals surface area contributed by atoms with Gasteiger partial charge in [0, 0.05) is 35.5 Å². The Morgan fingerprint density at radius 2 is 1.83 bits per heavy atom. The fourth-order valence-electron chi connectivity index (χ4n) is 3.97. The number of rotatable bonds is 3. The minimum Gasteiger partial charge on any atom is -0.332 e. The van der Waals surface area contributed by atoms with Crippen LogP contribution in [0.1, 0.15) is 57.3 Å². The molecule has 0 bridgehead atoms. The molecule has 1 saturated heterocycles. The lowest BCUT2D eigenvalue weighted by molar-refractivity contribution is -0.137. The van der Waals surface area contributed by atoms with Crippen molar-refractivity contribution in [2.24, 2.45) is 0 Å². The molecule has 0 radical (unpaired) electrons. The highest BCUT2D eigenvalue weighted by atomic mass is 19.4. The number of benzene rings is 2. The molecule has 1 unspecified atom stereocenters. The molecule has 9 heteroatoms. The number of piperidine rings is 1. The molecule has 2 aromatic rings. The Labute approximate surface area is 170 Å². The molecule has 2 aliphatic heterocycles. The largest absolute Gasteiger partial charge is 0.416 e. The summed E-state index contributed by atoms with van der Waals surface area (Å²) in [6.07, 6.45) is -2.13. The van der Waals surface area contributed by atoms with E-state index in [1.54, 1.807) is 18.2 Å². The number of anilines is 1. The zero-order valence-electron chi connectivity index (χ0n) is 15.9. The minimum absolute atomic E-state index is 0.276. The first-order valence-corrected chi connectivity index (χ1v) is 9.61. The van der Waals surface area contributed by atoms with Gasteiger partial charge in [0.25, 0.3) is 11.8 Å². The van der Waals surface area contributed by atoms with Gasteiger partial charge in [-0.15, -0.1) is 0 Å². The summed E-state index contributed by atoms with van der Waals surface area (Å²) in [5.74, 6) is -2.32. The number of nitrogens with one attached hydrogen (secondary N) is 2. The first-order valence-electron chi connectivity index (χ1n) is 9.61. The van der Waals surface area contributed by atoms with Crippen LogP contribution in [0, 0.1) is 5.82 Å². The molecule has 0 saturated carbocycles. The van der Waals surface area contributed by atoms with Gasteiger partial charge in [0.15, 0.2) is 0 Å². The van der Waals surface area contributed by atoms with Crippen LogP contribution in [-0.2, 0) is 6.18 Å². The molecule has 2 aliphatic rings. The van der Waals surface area contributed by atoms with Crippen molar-refractivity contribution in [3.05, 3.63) is 64.5 Å². The predicted molar refractivity (Wildman–Crippen MR) is 101 cm³/mol. The van der Waals surface area contributed by atoms with Crippen molar-refractivity contribution < 1.29 is 27.2 Å². The molecule has 2 aromatic carbocycles. The maximum atomic E-state index is 13.7. The number of halogens is 4. The highest BCUT2D eigenvalue weighted by Crippen LogP contribution is 2.36. The molecule has 158 valence electrons. The highest BCUT2D eigenvalue weighted by molar-refractivity contribution is 6.07. The Morgan fingerprint density at radius 3 is 2.53 bits per heavy atom. The van der Waals surface area contributed by atoms with Crippen LogP contribution in [0.4, 0.5) is 23.2 Å². The average Bonchev–Trinajstić information content (AvgIpc) is 3.05. The molecule has 2 N–H and O–H groups in total. The van der Waals surface area contributed by atoms with Crippen molar-refractivity contribution in [3.63, 3.8) is 0 Å². The Morgan fingerprint density at radius 1 is 1.10 bits per heavy atom. The van der Waals surface area contributed by atoms with Gasteiger partial charge >= 0.3 is 6.18 Å². The van der Waals surface area contributed by atoms with E-state index in [-0.39, 0.29) is 5.91 Å². The quantitative estimate of drug-likeness (QED) is 0.726. The van der Waals surface area contributed by atoms with Gasteiger partial charge in [-0.25, -0.2) is 4.39 Å². The standard InChI is InChI=1S/C21H19F4N3O2/c22-14-10-12(9-13(11-14)21(23,24)25)19(29)26-16-6-4-5-15-17(16)18(27-20(15)30)28-7-2-1-3-8-28/h4-6,9-11,18H,1-3,7-8H2,(H,26,29)(H,27,30). The van der Waals surface area contributed by atoms with E-state index in [4.69, 9.17) is 0 Å². The molecular weight excluding hydrogens is 402 g/mol. The third kappa shape index (κ3) is 3.89. The second-order valence-electron chi connectivity index (χ2n) is 7.42. The molecular formula is C21H19F4N3O2. The monoisotopic (exact) mass is 421 g/mol. The molecule has 0 spiro atoms. The van der Waals surface area contributed by atoms with E-state index >= 15 is 0 Å². The van der Waals surface area contributed by atoms with Gasteiger partial charge in [-0.1, -0.05) is 12.5 Å². The van der Waals surface area contributed by atoms with Crippen molar-refractivity contribution in [1.82, 2.24) is 10.2 Å².